The molecule has 3 atom stereocenters. The van der Waals surface area contributed by atoms with Gasteiger partial charge in [0.1, 0.15) is 18.4 Å². The van der Waals surface area contributed by atoms with Crippen LogP contribution in [0.4, 0.5) is 0 Å². The highest BCUT2D eigenvalue weighted by Crippen LogP contribution is 2.28. The number of benzene rings is 2. The van der Waals surface area contributed by atoms with Crippen molar-refractivity contribution in [3.8, 4) is 11.5 Å². The molecule has 16 nitrogen and oxygen atoms in total. The van der Waals surface area contributed by atoms with Crippen LogP contribution < -0.4 is 31.0 Å². The molecule has 0 bridgehead atoms. The summed E-state index contributed by atoms with van der Waals surface area (Å²) in [4.78, 5) is 77.3. The Labute approximate surface area is 313 Å². The smallest absolute Gasteiger partial charge is 0.260 e. The van der Waals surface area contributed by atoms with E-state index in [-0.39, 0.29) is 61.2 Å². The van der Waals surface area contributed by atoms with Crippen molar-refractivity contribution in [1.29, 1.82) is 0 Å². The Balaban J connectivity index is 1.40. The maximum Gasteiger partial charge on any atom is 0.260 e. The first-order valence-corrected chi connectivity index (χ1v) is 18.2. The lowest BCUT2D eigenvalue weighted by Crippen LogP contribution is -2.51. The van der Waals surface area contributed by atoms with Gasteiger partial charge >= 0.3 is 0 Å². The normalized spacial score (nSPS) is 18.4. The van der Waals surface area contributed by atoms with E-state index in [0.717, 1.165) is 5.56 Å². The van der Waals surface area contributed by atoms with E-state index in [1.165, 1.54) is 15.6 Å². The zero-order valence-electron chi connectivity index (χ0n) is 31.7. The van der Waals surface area contributed by atoms with Crippen LogP contribution in [0.15, 0.2) is 47.5 Å². The van der Waals surface area contributed by atoms with Gasteiger partial charge in [0.2, 0.25) is 17.7 Å². The first-order chi connectivity index (χ1) is 25.9. The van der Waals surface area contributed by atoms with Gasteiger partial charge in [-0.15, -0.1) is 0 Å². The molecular formula is C38H49N9O7. The van der Waals surface area contributed by atoms with Crippen molar-refractivity contribution in [2.45, 2.75) is 71.5 Å². The van der Waals surface area contributed by atoms with E-state index in [9.17, 15) is 24.0 Å². The minimum atomic E-state index is -0.828. The molecule has 3 heterocycles. The zero-order valence-corrected chi connectivity index (χ0v) is 31.7. The second kappa shape index (κ2) is 17.8. The SMILES string of the molecule is CC[C@H](C)[C@@H]1NC(=O)CCCN(C(=O)c2ccc3c(=O)n(C)cnc3c2)CCCNC(=O)Cn2nc(Cc3ccc(OC)c(OC)c3)nc2[C@@H](C)NC1=O. The number of nitrogens with zero attached hydrogens (tertiary/aromatic N) is 6. The maximum atomic E-state index is 13.8. The molecule has 0 fully saturated rings. The Bertz CT molecular complexity index is 2060. The summed E-state index contributed by atoms with van der Waals surface area (Å²) in [6, 6.07) is 8.79. The number of carbonyl (C=O) groups is 4. The summed E-state index contributed by atoms with van der Waals surface area (Å²) < 4.78 is 13.7. The molecule has 3 N–H and O–H groups in total. The van der Waals surface area contributed by atoms with Gasteiger partial charge in [0.05, 0.1) is 37.5 Å². The van der Waals surface area contributed by atoms with Crippen molar-refractivity contribution < 1.29 is 28.7 Å². The van der Waals surface area contributed by atoms with Gasteiger partial charge in [-0.25, -0.2) is 14.6 Å². The van der Waals surface area contributed by atoms with Crippen LogP contribution in [0, 0.1) is 5.92 Å². The van der Waals surface area contributed by atoms with E-state index in [2.05, 4.69) is 26.0 Å². The number of hydrogen-bond acceptors (Lipinski definition) is 10. The van der Waals surface area contributed by atoms with Gasteiger partial charge in [-0.3, -0.25) is 24.0 Å². The average Bonchev–Trinajstić information content (AvgIpc) is 3.56. The van der Waals surface area contributed by atoms with E-state index in [0.29, 0.717) is 71.8 Å². The molecule has 2 aromatic carbocycles. The molecule has 0 radical (unpaired) electrons. The van der Waals surface area contributed by atoms with Crippen LogP contribution in [-0.2, 0) is 34.4 Å². The summed E-state index contributed by atoms with van der Waals surface area (Å²) in [5.41, 5.74) is 1.39. The number of nitrogens with one attached hydrogen (secondary N) is 3. The maximum absolute atomic E-state index is 13.8. The number of aromatic nitrogens is 5. The molecule has 4 amide bonds. The molecule has 0 saturated heterocycles. The Morgan fingerprint density at radius 1 is 0.981 bits per heavy atom. The van der Waals surface area contributed by atoms with E-state index in [1.807, 2.05) is 26.0 Å². The second-order valence-electron chi connectivity index (χ2n) is 13.6. The Morgan fingerprint density at radius 3 is 2.48 bits per heavy atom. The second-order valence-corrected chi connectivity index (χ2v) is 13.6. The lowest BCUT2D eigenvalue weighted by atomic mass is 9.97. The highest BCUT2D eigenvalue weighted by Gasteiger charge is 2.29. The van der Waals surface area contributed by atoms with Gasteiger partial charge in [0.25, 0.3) is 11.5 Å². The van der Waals surface area contributed by atoms with Gasteiger partial charge in [-0.05, 0) is 61.6 Å². The van der Waals surface area contributed by atoms with Crippen molar-refractivity contribution in [1.82, 2.24) is 45.2 Å². The van der Waals surface area contributed by atoms with Crippen molar-refractivity contribution in [2.24, 2.45) is 13.0 Å². The summed E-state index contributed by atoms with van der Waals surface area (Å²) in [6.45, 7) is 6.26. The molecule has 1 aliphatic heterocycles. The molecule has 5 rings (SSSR count). The number of ether oxygens (including phenoxy) is 2. The third kappa shape index (κ3) is 9.40. The van der Waals surface area contributed by atoms with Crippen molar-refractivity contribution in [2.75, 3.05) is 33.9 Å². The minimum absolute atomic E-state index is 0.0828. The number of methoxy groups -OCH3 is 2. The molecule has 0 saturated carbocycles. The van der Waals surface area contributed by atoms with Crippen LogP contribution >= 0.6 is 0 Å². The highest BCUT2D eigenvalue weighted by atomic mass is 16.5. The topological polar surface area (TPSA) is 192 Å². The van der Waals surface area contributed by atoms with Crippen LogP contribution in [0.25, 0.3) is 10.9 Å². The summed E-state index contributed by atoms with van der Waals surface area (Å²) in [7, 11) is 4.72. The number of carbonyl (C=O) groups excluding carboxylic acids is 4. The fourth-order valence-corrected chi connectivity index (χ4v) is 6.36. The van der Waals surface area contributed by atoms with Crippen LogP contribution in [0.5, 0.6) is 11.5 Å². The molecule has 1 aliphatic rings. The standard InChI is InChI=1S/C38H49N9O7/c1-7-23(2)34-36(50)41-24(3)35-42-31(19-25-11-14-29(53-5)30(18-25)54-6)44-47(35)21-33(49)39-15-9-17-46(16-8-10-32(48)43-34)37(51)26-12-13-27-28(20-26)40-22-45(4)38(27)52/h11-14,18,20,22-24,34H,7-10,15-17,19,21H2,1-6H3,(H,39,49)(H,41,50)(H,43,48)/t23-,24+,34-/m0/s1. The number of amides is 4. The van der Waals surface area contributed by atoms with Crippen molar-refractivity contribution in [3.05, 3.63) is 75.9 Å². The van der Waals surface area contributed by atoms with Crippen molar-refractivity contribution >= 4 is 34.5 Å². The predicted octanol–water partition coefficient (Wildman–Crippen LogP) is 2.28. The van der Waals surface area contributed by atoms with E-state index in [1.54, 1.807) is 57.4 Å². The van der Waals surface area contributed by atoms with Gasteiger partial charge < -0.3 is 34.9 Å². The zero-order chi connectivity index (χ0) is 38.9. The fourth-order valence-electron chi connectivity index (χ4n) is 6.36. The Morgan fingerprint density at radius 2 is 1.74 bits per heavy atom. The minimum Gasteiger partial charge on any atom is -0.493 e. The van der Waals surface area contributed by atoms with Gasteiger partial charge in [0.15, 0.2) is 17.3 Å². The number of aryl methyl sites for hydroxylation is 1. The monoisotopic (exact) mass is 743 g/mol. The molecule has 54 heavy (non-hydrogen) atoms. The molecule has 0 spiro atoms. The molecule has 288 valence electrons. The largest absolute Gasteiger partial charge is 0.493 e. The van der Waals surface area contributed by atoms with Crippen LogP contribution in [-0.4, -0.2) is 92.7 Å². The molecule has 4 aromatic rings. The molecular weight excluding hydrogens is 694 g/mol. The number of hydrogen-bond donors (Lipinski definition) is 3. The van der Waals surface area contributed by atoms with E-state index >= 15 is 0 Å². The first kappa shape index (κ1) is 39.4. The molecule has 0 unspecified atom stereocenters. The van der Waals surface area contributed by atoms with Gasteiger partial charge in [-0.1, -0.05) is 26.3 Å². The Hall–Kier alpha value is -5.80. The molecule has 2 aromatic heterocycles. The molecule has 0 aliphatic carbocycles. The van der Waals surface area contributed by atoms with Crippen LogP contribution in [0.2, 0.25) is 0 Å². The molecule has 16 heteroatoms. The Kier molecular flexibility index (Phi) is 13.0. The summed E-state index contributed by atoms with van der Waals surface area (Å²) >= 11 is 0. The third-order valence-corrected chi connectivity index (χ3v) is 9.62. The van der Waals surface area contributed by atoms with Crippen LogP contribution in [0.3, 0.4) is 0 Å². The van der Waals surface area contributed by atoms with E-state index < -0.39 is 12.1 Å². The first-order valence-electron chi connectivity index (χ1n) is 18.2. The lowest BCUT2D eigenvalue weighted by molar-refractivity contribution is -0.130. The summed E-state index contributed by atoms with van der Waals surface area (Å²) in [6.07, 6.45) is 3.22. The number of fused-ring (bicyclic) bond motifs is 2. The quantitative estimate of drug-likeness (QED) is 0.253. The number of rotatable bonds is 7. The van der Waals surface area contributed by atoms with Gasteiger partial charge in [-0.2, -0.15) is 5.10 Å². The highest BCUT2D eigenvalue weighted by molar-refractivity contribution is 5.97. The third-order valence-electron chi connectivity index (χ3n) is 9.62. The predicted molar refractivity (Wildman–Crippen MR) is 200 cm³/mol. The average molecular weight is 744 g/mol. The van der Waals surface area contributed by atoms with Crippen molar-refractivity contribution in [3.63, 3.8) is 0 Å². The summed E-state index contributed by atoms with van der Waals surface area (Å²) in [5.74, 6) is 0.456. The van der Waals surface area contributed by atoms with Crippen LogP contribution in [0.1, 0.15) is 80.1 Å². The summed E-state index contributed by atoms with van der Waals surface area (Å²) in [5, 5.41) is 13.9. The fraction of sp³-hybridized carbons (Fsp3) is 0.474. The van der Waals surface area contributed by atoms with E-state index in [4.69, 9.17) is 14.5 Å². The van der Waals surface area contributed by atoms with Gasteiger partial charge in [0, 0.05) is 45.1 Å². The lowest BCUT2D eigenvalue weighted by Gasteiger charge is -2.26.